The molecule has 2 atom stereocenters. The first-order chi connectivity index (χ1) is 14.4. The Hall–Kier alpha value is -1.98. The van der Waals surface area contributed by atoms with E-state index in [4.69, 9.17) is 14.2 Å². The van der Waals surface area contributed by atoms with Crippen molar-refractivity contribution in [1.29, 1.82) is 0 Å². The van der Waals surface area contributed by atoms with Crippen LogP contribution in [0.5, 0.6) is 5.75 Å². The van der Waals surface area contributed by atoms with E-state index in [1.54, 1.807) is 36.4 Å². The van der Waals surface area contributed by atoms with Gasteiger partial charge in [-0.15, -0.1) is 0 Å². The Balaban J connectivity index is 2.24. The van der Waals surface area contributed by atoms with Crippen LogP contribution in [0.1, 0.15) is 25.0 Å². The van der Waals surface area contributed by atoms with Crippen molar-refractivity contribution in [2.45, 2.75) is 25.6 Å². The zero-order valence-electron chi connectivity index (χ0n) is 16.4. The third-order valence-corrected chi connectivity index (χ3v) is 4.99. The molecule has 1 amide bonds. The van der Waals surface area contributed by atoms with Crippen LogP contribution >= 0.6 is 35.2 Å². The number of hydrogen-bond donors (Lipinski definition) is 3. The molecule has 2 aromatic carbocycles. The van der Waals surface area contributed by atoms with Crippen LogP contribution in [0.2, 0.25) is 0 Å². The molecule has 9 heteroatoms. The number of benzene rings is 2. The minimum Gasteiger partial charge on any atom is -0.508 e. The van der Waals surface area contributed by atoms with Gasteiger partial charge < -0.3 is 19.3 Å². The Kier molecular flexibility index (Phi) is 10.2. The predicted octanol–water partition coefficient (Wildman–Crippen LogP) is 4.55. The largest absolute Gasteiger partial charge is 0.508 e. The highest BCUT2D eigenvalue weighted by atomic mass is 127. The van der Waals surface area contributed by atoms with E-state index in [-0.39, 0.29) is 24.5 Å². The zero-order valence-corrected chi connectivity index (χ0v) is 19.5. The first-order valence-corrected chi connectivity index (χ1v) is 11.0. The van der Waals surface area contributed by atoms with E-state index in [1.165, 1.54) is 6.07 Å². The number of para-hydroxylation sites is 1. The van der Waals surface area contributed by atoms with Crippen LogP contribution in [-0.4, -0.2) is 42.2 Å². The van der Waals surface area contributed by atoms with Gasteiger partial charge in [0.05, 0.1) is 12.4 Å². The number of esters is 1. The van der Waals surface area contributed by atoms with E-state index >= 15 is 0 Å². The number of ether oxygens (including phenoxy) is 3. The molecule has 0 aliphatic carbocycles. The van der Waals surface area contributed by atoms with Gasteiger partial charge in [-0.1, -0.05) is 18.2 Å². The second-order valence-electron chi connectivity index (χ2n) is 6.18. The van der Waals surface area contributed by atoms with Gasteiger partial charge in [0.1, 0.15) is 11.9 Å². The van der Waals surface area contributed by atoms with Crippen LogP contribution < -0.4 is 5.32 Å². The number of carbonyl (C=O) groups is 2. The monoisotopic (exact) mass is 545 g/mol. The summed E-state index contributed by atoms with van der Waals surface area (Å²) in [6.45, 7) is 2.22. The second-order valence-corrected chi connectivity index (χ2v) is 7.74. The van der Waals surface area contributed by atoms with E-state index < -0.39 is 24.3 Å². The lowest BCUT2D eigenvalue weighted by Crippen LogP contribution is -2.30. The molecule has 2 N–H and O–H groups in total. The van der Waals surface area contributed by atoms with E-state index in [2.05, 4.69) is 40.5 Å². The van der Waals surface area contributed by atoms with E-state index in [0.29, 0.717) is 17.9 Å². The molecular weight excluding hydrogens is 521 g/mol. The minimum atomic E-state index is -0.918. The van der Waals surface area contributed by atoms with Gasteiger partial charge in [0, 0.05) is 27.8 Å². The number of aromatic hydroxyl groups is 1. The number of hydrogen-bond acceptors (Lipinski definition) is 7. The molecule has 0 bridgehead atoms. The lowest BCUT2D eigenvalue weighted by atomic mass is 10.0. The summed E-state index contributed by atoms with van der Waals surface area (Å²) in [6.07, 6.45) is -1.99. The number of thiol groups is 1. The Bertz CT molecular complexity index is 836. The summed E-state index contributed by atoms with van der Waals surface area (Å²) in [5.74, 6) is -0.508. The molecule has 0 saturated carbocycles. The van der Waals surface area contributed by atoms with Crippen LogP contribution in [0.4, 0.5) is 10.5 Å². The number of halogens is 1. The fraction of sp³-hybridized carbons (Fsp3) is 0.333. The van der Waals surface area contributed by atoms with Gasteiger partial charge in [-0.2, -0.15) is 12.6 Å². The number of phenolic OH excluding ortho intramolecular Hbond substituents is 1. The molecule has 0 radical (unpaired) electrons. The van der Waals surface area contributed by atoms with E-state index in [0.717, 1.165) is 3.57 Å². The molecule has 162 valence electrons. The van der Waals surface area contributed by atoms with E-state index in [1.807, 2.05) is 13.0 Å². The minimum absolute atomic E-state index is 0.0232. The van der Waals surface area contributed by atoms with Crippen molar-refractivity contribution in [1.82, 2.24) is 0 Å². The van der Waals surface area contributed by atoms with Gasteiger partial charge in [0.2, 0.25) is 0 Å². The van der Waals surface area contributed by atoms with Crippen molar-refractivity contribution >= 4 is 53.0 Å². The Morgan fingerprint density at radius 3 is 2.60 bits per heavy atom. The van der Waals surface area contributed by atoms with E-state index in [9.17, 15) is 14.7 Å². The Morgan fingerprint density at radius 2 is 1.93 bits per heavy atom. The fourth-order valence-corrected chi connectivity index (χ4v) is 3.35. The number of phenols is 1. The summed E-state index contributed by atoms with van der Waals surface area (Å²) in [6, 6.07) is 13.9. The Morgan fingerprint density at radius 1 is 1.20 bits per heavy atom. The molecule has 30 heavy (non-hydrogen) atoms. The summed E-state index contributed by atoms with van der Waals surface area (Å²) in [5.41, 5.74) is 0.980. The molecule has 0 fully saturated rings. The molecule has 0 aliphatic heterocycles. The van der Waals surface area contributed by atoms with Crippen LogP contribution in [-0.2, 0) is 19.0 Å². The molecule has 2 rings (SSSR count). The zero-order chi connectivity index (χ0) is 21.9. The topological polar surface area (TPSA) is 94.1 Å². The van der Waals surface area contributed by atoms with Crippen molar-refractivity contribution in [3.05, 3.63) is 57.7 Å². The summed E-state index contributed by atoms with van der Waals surface area (Å²) in [5, 5.41) is 13.1. The van der Waals surface area contributed by atoms with Crippen molar-refractivity contribution in [3.63, 3.8) is 0 Å². The molecule has 0 unspecified atom stereocenters. The summed E-state index contributed by atoms with van der Waals surface area (Å²) >= 11 is 5.99. The molecule has 0 heterocycles. The van der Waals surface area contributed by atoms with Crippen molar-refractivity contribution in [2.75, 3.05) is 24.3 Å². The Labute approximate surface area is 194 Å². The maximum atomic E-state index is 12.6. The fourth-order valence-electron chi connectivity index (χ4n) is 2.75. The highest BCUT2D eigenvalue weighted by Gasteiger charge is 2.30. The molecule has 0 spiro atoms. The van der Waals surface area contributed by atoms with Crippen molar-refractivity contribution < 1.29 is 28.9 Å². The third-order valence-electron chi connectivity index (χ3n) is 4.06. The number of carbonyl (C=O) groups excluding carboxylic acids is 2. The average Bonchev–Trinajstić information content (AvgIpc) is 2.74. The smallest absolute Gasteiger partial charge is 0.412 e. The molecule has 0 aliphatic rings. The van der Waals surface area contributed by atoms with Gasteiger partial charge in [0.15, 0.2) is 6.10 Å². The summed E-state index contributed by atoms with van der Waals surface area (Å²) in [4.78, 5) is 24.0. The average molecular weight is 545 g/mol. The van der Waals surface area contributed by atoms with Crippen LogP contribution in [0.15, 0.2) is 48.5 Å². The molecule has 0 aromatic heterocycles. The van der Waals surface area contributed by atoms with Gasteiger partial charge in [-0.25, -0.2) is 4.79 Å². The summed E-state index contributed by atoms with van der Waals surface area (Å²) in [7, 11) is 0. The van der Waals surface area contributed by atoms with Crippen molar-refractivity contribution in [2.24, 2.45) is 0 Å². The standard InChI is InChI=1S/C21H24INO6S/c1-2-27-18(10-11-28-19(25)13-30)20(16-12-14(22)8-9-17(16)24)29-21(26)23-15-6-4-3-5-7-15/h3-9,12,18,20,24,30H,2,10-11,13H2,1H3,(H,23,26)/t18-,20-/m1/s1. The van der Waals surface area contributed by atoms with Gasteiger partial charge in [0.25, 0.3) is 0 Å². The van der Waals surface area contributed by atoms with Gasteiger partial charge in [-0.3, -0.25) is 10.1 Å². The molecular formula is C21H24INO6S. The maximum absolute atomic E-state index is 12.6. The molecule has 2 aromatic rings. The lowest BCUT2D eigenvalue weighted by Gasteiger charge is -2.28. The number of nitrogens with one attached hydrogen (secondary N) is 1. The lowest BCUT2D eigenvalue weighted by molar-refractivity contribution is -0.142. The first kappa shape index (κ1) is 24.3. The predicted molar refractivity (Wildman–Crippen MR) is 125 cm³/mol. The van der Waals surface area contributed by atoms with Crippen LogP contribution in [0.25, 0.3) is 0 Å². The third kappa shape index (κ3) is 7.69. The highest BCUT2D eigenvalue weighted by Crippen LogP contribution is 2.34. The highest BCUT2D eigenvalue weighted by molar-refractivity contribution is 14.1. The molecule has 0 saturated heterocycles. The SMILES string of the molecule is CCO[C@H](CCOC(=O)CS)[C@H](OC(=O)Nc1ccccc1)c1cc(I)ccc1O. The van der Waals surface area contributed by atoms with Gasteiger partial charge >= 0.3 is 12.1 Å². The van der Waals surface area contributed by atoms with Gasteiger partial charge in [-0.05, 0) is 59.8 Å². The first-order valence-electron chi connectivity index (χ1n) is 9.33. The quantitative estimate of drug-likeness (QED) is 0.231. The molecule has 7 nitrogen and oxygen atoms in total. The van der Waals surface area contributed by atoms with Crippen LogP contribution in [0, 0.1) is 3.57 Å². The number of amides is 1. The van der Waals surface area contributed by atoms with Crippen LogP contribution in [0.3, 0.4) is 0 Å². The normalized spacial score (nSPS) is 12.6. The second kappa shape index (κ2) is 12.7. The maximum Gasteiger partial charge on any atom is 0.412 e. The van der Waals surface area contributed by atoms with Crippen molar-refractivity contribution in [3.8, 4) is 5.75 Å². The summed E-state index contributed by atoms with van der Waals surface area (Å²) < 4.78 is 17.4. The number of anilines is 1. The number of rotatable bonds is 10.